The molecule has 0 aromatic heterocycles. The van der Waals surface area contributed by atoms with E-state index < -0.39 is 0 Å². The SMILES string of the molecule is [Li][CH2]CC.[Li][CH2]CCC. The number of hydrogen-bond donors (Lipinski definition) is 0. The van der Waals surface area contributed by atoms with E-state index in [1.807, 2.05) is 0 Å². The zero-order chi connectivity index (χ0) is 7.54. The molecule has 46 valence electrons. The molecule has 0 N–H and O–H groups in total. The van der Waals surface area contributed by atoms with Gasteiger partial charge in [0.15, 0.2) is 0 Å². The summed E-state index contributed by atoms with van der Waals surface area (Å²) in [5.41, 5.74) is 0. The predicted octanol–water partition coefficient (Wildman–Crippen LogP) is 2.36. The van der Waals surface area contributed by atoms with E-state index in [0.29, 0.717) is 0 Å². The summed E-state index contributed by atoms with van der Waals surface area (Å²) in [6.45, 7) is 4.39. The molecule has 0 saturated heterocycles. The van der Waals surface area contributed by atoms with Crippen LogP contribution in [0.3, 0.4) is 0 Å². The molecular weight excluding hydrogens is 98.0 g/mol. The summed E-state index contributed by atoms with van der Waals surface area (Å²) >= 11 is 4.39. The van der Waals surface area contributed by atoms with Gasteiger partial charge in [0, 0.05) is 0 Å². The monoisotopic (exact) mass is 114 g/mol. The molecule has 0 fully saturated rings. The van der Waals surface area contributed by atoms with E-state index in [1.54, 1.807) is 0 Å². The minimum absolute atomic E-state index is 1.32. The third kappa shape index (κ3) is 27.0. The molecule has 0 heterocycles. The van der Waals surface area contributed by atoms with Crippen LogP contribution >= 0.6 is 0 Å². The van der Waals surface area contributed by atoms with Gasteiger partial charge in [0.25, 0.3) is 0 Å². The van der Waals surface area contributed by atoms with Gasteiger partial charge in [-0.2, -0.15) is 0 Å². The predicted molar refractivity (Wildman–Crippen MR) is 46.3 cm³/mol. The molecule has 0 aromatic rings. The van der Waals surface area contributed by atoms with Gasteiger partial charge in [-0.15, -0.1) is 0 Å². The van der Waals surface area contributed by atoms with Crippen LogP contribution in [0, 0.1) is 0 Å². The third-order valence-corrected chi connectivity index (χ3v) is 1.21. The van der Waals surface area contributed by atoms with Crippen LogP contribution in [0.5, 0.6) is 0 Å². The number of rotatable bonds is 3. The first-order valence-electron chi connectivity index (χ1n) is 4.33. The average Bonchev–Trinajstić information content (AvgIpc) is 1.91. The van der Waals surface area contributed by atoms with Crippen molar-refractivity contribution < 1.29 is 0 Å². The van der Waals surface area contributed by atoms with Gasteiger partial charge in [-0.25, -0.2) is 0 Å². The fraction of sp³-hybridized carbons (Fsp3) is 1.00. The van der Waals surface area contributed by atoms with Crippen molar-refractivity contribution in [3.63, 3.8) is 0 Å². The van der Waals surface area contributed by atoms with E-state index in [-0.39, 0.29) is 0 Å². The van der Waals surface area contributed by atoms with Crippen molar-refractivity contribution in [2.45, 2.75) is 43.3 Å². The molecule has 9 heavy (non-hydrogen) atoms. The fourth-order valence-corrected chi connectivity index (χ4v) is 0.354. The molecule has 0 unspecified atom stereocenters. The Bertz CT molecular complexity index is 26.1. The molecule has 0 aliphatic heterocycles. The van der Waals surface area contributed by atoms with Crippen LogP contribution in [0.25, 0.3) is 0 Å². The first-order chi connectivity index (χ1) is 4.33. The summed E-state index contributed by atoms with van der Waals surface area (Å²) in [6.07, 6.45) is 4.05. The second-order valence-electron chi connectivity index (χ2n) is 2.35. The molecule has 0 amide bonds. The Balaban J connectivity index is 0. The Morgan fingerprint density at radius 1 is 0.889 bits per heavy atom. The molecule has 0 atom stereocenters. The zero-order valence-corrected chi connectivity index (χ0v) is 7.54. The molecule has 0 spiro atoms. The minimum atomic E-state index is 1.32. The van der Waals surface area contributed by atoms with Crippen molar-refractivity contribution in [2.24, 2.45) is 0 Å². The molecule has 0 radical (unpaired) electrons. The van der Waals surface area contributed by atoms with Gasteiger partial charge in [-0.3, -0.25) is 0 Å². The summed E-state index contributed by atoms with van der Waals surface area (Å²) in [6, 6.07) is 0. The second-order valence-corrected chi connectivity index (χ2v) is 2.35. The normalized spacial score (nSPS) is 8.22. The molecule has 0 aromatic carbocycles. The van der Waals surface area contributed by atoms with Gasteiger partial charge in [0.1, 0.15) is 0 Å². The van der Waals surface area contributed by atoms with E-state index in [1.165, 1.54) is 29.5 Å². The van der Waals surface area contributed by atoms with Crippen molar-refractivity contribution in [1.29, 1.82) is 0 Å². The van der Waals surface area contributed by atoms with Crippen LogP contribution in [0.1, 0.15) is 33.1 Å². The molecule has 2 heteroatoms. The molecule has 0 aliphatic rings. The molecule has 0 saturated carbocycles. The van der Waals surface area contributed by atoms with Gasteiger partial charge in [-0.1, -0.05) is 0 Å². The number of hydrogen-bond acceptors (Lipinski definition) is 0. The van der Waals surface area contributed by atoms with Crippen LogP contribution in [-0.2, 0) is 0 Å². The summed E-state index contributed by atoms with van der Waals surface area (Å²) in [5, 5.41) is 2.66. The molecule has 0 nitrogen and oxygen atoms in total. The zero-order valence-electron chi connectivity index (χ0n) is 7.54. The van der Waals surface area contributed by atoms with Crippen molar-refractivity contribution in [2.75, 3.05) is 0 Å². The Labute approximate surface area is 78.6 Å². The van der Waals surface area contributed by atoms with Gasteiger partial charge in [-0.05, 0) is 0 Å². The number of unbranched alkanes of at least 4 members (excludes halogenated alkanes) is 1. The fourth-order valence-electron chi connectivity index (χ4n) is 0.354. The summed E-state index contributed by atoms with van der Waals surface area (Å²) < 4.78 is 0. The van der Waals surface area contributed by atoms with Crippen LogP contribution in [0.2, 0.25) is 10.2 Å². The van der Waals surface area contributed by atoms with Crippen molar-refractivity contribution in [1.82, 2.24) is 0 Å². The van der Waals surface area contributed by atoms with Crippen LogP contribution in [0.15, 0.2) is 0 Å². The first kappa shape index (κ1) is 12.8. The Morgan fingerprint density at radius 3 is 1.33 bits per heavy atom. The van der Waals surface area contributed by atoms with Gasteiger partial charge >= 0.3 is 78.7 Å². The Kier molecular flexibility index (Phi) is 22.9. The van der Waals surface area contributed by atoms with Gasteiger partial charge in [0.05, 0.1) is 0 Å². The topological polar surface area (TPSA) is 0 Å². The van der Waals surface area contributed by atoms with Crippen LogP contribution in [0.4, 0.5) is 0 Å². The van der Waals surface area contributed by atoms with Crippen LogP contribution in [-0.4, -0.2) is 35.4 Å². The third-order valence-electron chi connectivity index (χ3n) is 1.21. The van der Waals surface area contributed by atoms with E-state index in [4.69, 9.17) is 0 Å². The average molecular weight is 114 g/mol. The molecule has 0 aliphatic carbocycles. The van der Waals surface area contributed by atoms with Crippen molar-refractivity contribution in [3.8, 4) is 0 Å². The summed E-state index contributed by atoms with van der Waals surface area (Å²) in [5.74, 6) is 0. The maximum absolute atomic E-state index is 2.21. The van der Waals surface area contributed by atoms with Gasteiger partial charge < -0.3 is 0 Å². The second kappa shape index (κ2) is 16.1. The summed E-state index contributed by atoms with van der Waals surface area (Å²) in [7, 11) is 0. The maximum atomic E-state index is 2.21. The van der Waals surface area contributed by atoms with E-state index in [0.717, 1.165) is 0 Å². The Morgan fingerprint density at radius 2 is 1.33 bits per heavy atom. The Hall–Kier alpha value is 1.19. The quantitative estimate of drug-likeness (QED) is 0.494. The van der Waals surface area contributed by atoms with E-state index in [2.05, 4.69) is 49.3 Å². The van der Waals surface area contributed by atoms with Gasteiger partial charge in [0.2, 0.25) is 0 Å². The molecule has 0 bridgehead atoms. The van der Waals surface area contributed by atoms with Crippen molar-refractivity contribution in [3.05, 3.63) is 0 Å². The standard InChI is InChI=1S/C4H9.C3H7.2Li/c1-3-4-2;1-3-2;;/h1,3-4H2,2H3;1,3H2,2H3;;. The van der Waals surface area contributed by atoms with Crippen LogP contribution < -0.4 is 0 Å². The molecule has 0 rings (SSSR count). The van der Waals surface area contributed by atoms with E-state index in [9.17, 15) is 0 Å². The van der Waals surface area contributed by atoms with Crippen molar-refractivity contribution >= 4 is 35.4 Å². The molecular formula is C7H16Li2. The van der Waals surface area contributed by atoms with E-state index >= 15 is 0 Å². The first-order valence-corrected chi connectivity index (χ1v) is 4.33. The summed E-state index contributed by atoms with van der Waals surface area (Å²) in [4.78, 5) is 0.